The monoisotopic (exact) mass is 306 g/mol. The first-order valence-corrected chi connectivity index (χ1v) is 9.27. The largest absolute Gasteiger partial charge is 0.319 e. The van der Waals surface area contributed by atoms with E-state index in [4.69, 9.17) is 0 Å². The fourth-order valence-electron chi connectivity index (χ4n) is 3.69. The predicted octanol–water partition coefficient (Wildman–Crippen LogP) is 3.93. The van der Waals surface area contributed by atoms with Gasteiger partial charge in [0.25, 0.3) is 0 Å². The van der Waals surface area contributed by atoms with E-state index in [1.54, 1.807) is 11.3 Å². The highest BCUT2D eigenvalue weighted by molar-refractivity contribution is 7.07. The molecule has 1 N–H and O–H groups in total. The zero-order chi connectivity index (χ0) is 14.8. The fourth-order valence-corrected chi connectivity index (χ4v) is 4.37. The first kappa shape index (κ1) is 15.0. The summed E-state index contributed by atoms with van der Waals surface area (Å²) in [5, 5.41) is 7.91. The van der Waals surface area contributed by atoms with E-state index in [1.807, 2.05) is 0 Å². The van der Waals surface area contributed by atoms with E-state index in [0.717, 1.165) is 6.42 Å². The number of amides is 1. The van der Waals surface area contributed by atoms with E-state index < -0.39 is 0 Å². The van der Waals surface area contributed by atoms with Gasteiger partial charge in [-0.1, -0.05) is 39.5 Å². The summed E-state index contributed by atoms with van der Waals surface area (Å²) in [5.41, 5.74) is 1.25. The van der Waals surface area contributed by atoms with Gasteiger partial charge in [-0.05, 0) is 41.1 Å². The van der Waals surface area contributed by atoms with Crippen LogP contribution in [-0.4, -0.2) is 22.9 Å². The van der Waals surface area contributed by atoms with Crippen molar-refractivity contribution in [1.29, 1.82) is 0 Å². The lowest BCUT2D eigenvalue weighted by atomic mass is 9.93. The summed E-state index contributed by atoms with van der Waals surface area (Å²) in [7, 11) is 0. The van der Waals surface area contributed by atoms with Crippen molar-refractivity contribution in [3.63, 3.8) is 0 Å². The summed E-state index contributed by atoms with van der Waals surface area (Å²) in [4.78, 5) is 15.2. The maximum Gasteiger partial charge on any atom is 0.241 e. The van der Waals surface area contributed by atoms with E-state index in [9.17, 15) is 4.79 Å². The van der Waals surface area contributed by atoms with Gasteiger partial charge in [-0.2, -0.15) is 11.3 Å². The molecule has 1 saturated carbocycles. The molecule has 1 amide bonds. The summed E-state index contributed by atoms with van der Waals surface area (Å²) in [5.74, 6) is 0.722. The van der Waals surface area contributed by atoms with E-state index in [0.29, 0.717) is 17.9 Å². The van der Waals surface area contributed by atoms with Crippen molar-refractivity contribution in [2.24, 2.45) is 5.92 Å². The standard InChI is InChI=1S/C17H26N2OS/c1-3-12(2)15-17(20)19(14-7-5-4-6-8-14)16(18-15)13-9-10-21-11-13/h9-12,14-16,18H,3-8H2,1-2H3. The molecule has 3 unspecified atom stereocenters. The first-order chi connectivity index (χ1) is 10.2. The summed E-state index contributed by atoms with van der Waals surface area (Å²) in [6, 6.07) is 2.57. The summed E-state index contributed by atoms with van der Waals surface area (Å²) in [6.07, 6.45) is 7.31. The van der Waals surface area contributed by atoms with Crippen molar-refractivity contribution in [2.45, 2.75) is 70.6 Å². The third kappa shape index (κ3) is 2.88. The maximum atomic E-state index is 13.0. The average Bonchev–Trinajstić information content (AvgIpc) is 3.15. The smallest absolute Gasteiger partial charge is 0.241 e. The number of rotatable bonds is 4. The SMILES string of the molecule is CCC(C)C1NC(c2ccsc2)N(C2CCCCC2)C1=O. The lowest BCUT2D eigenvalue weighted by Gasteiger charge is -2.35. The molecule has 2 aliphatic rings. The van der Waals surface area contributed by atoms with Gasteiger partial charge >= 0.3 is 0 Å². The minimum absolute atomic E-state index is 0.0122. The van der Waals surface area contributed by atoms with Crippen LogP contribution in [-0.2, 0) is 4.79 Å². The number of carbonyl (C=O) groups excluding carboxylic acids is 1. The minimum Gasteiger partial charge on any atom is -0.319 e. The molecular weight excluding hydrogens is 280 g/mol. The van der Waals surface area contributed by atoms with E-state index in [-0.39, 0.29) is 12.2 Å². The Morgan fingerprint density at radius 3 is 2.76 bits per heavy atom. The van der Waals surface area contributed by atoms with Gasteiger partial charge in [0, 0.05) is 6.04 Å². The van der Waals surface area contributed by atoms with Crippen LogP contribution in [0.2, 0.25) is 0 Å². The van der Waals surface area contributed by atoms with E-state index in [1.165, 1.54) is 37.7 Å². The van der Waals surface area contributed by atoms with Crippen LogP contribution in [0.25, 0.3) is 0 Å². The summed E-state index contributed by atoms with van der Waals surface area (Å²) >= 11 is 1.71. The van der Waals surface area contributed by atoms with Gasteiger partial charge in [0.15, 0.2) is 0 Å². The lowest BCUT2D eigenvalue weighted by Crippen LogP contribution is -2.42. The Balaban J connectivity index is 1.86. The minimum atomic E-state index is -0.0122. The van der Waals surface area contributed by atoms with Gasteiger partial charge in [-0.3, -0.25) is 10.1 Å². The van der Waals surface area contributed by atoms with Crippen LogP contribution in [0.4, 0.5) is 0 Å². The zero-order valence-corrected chi connectivity index (χ0v) is 13.9. The number of nitrogens with zero attached hydrogens (tertiary/aromatic N) is 1. The van der Waals surface area contributed by atoms with Crippen LogP contribution in [0.15, 0.2) is 16.8 Å². The Labute approximate surface area is 131 Å². The molecule has 0 aromatic carbocycles. The maximum absolute atomic E-state index is 13.0. The van der Waals surface area contributed by atoms with Crippen LogP contribution < -0.4 is 5.32 Å². The van der Waals surface area contributed by atoms with Gasteiger partial charge in [0.2, 0.25) is 5.91 Å². The molecule has 2 heterocycles. The second kappa shape index (κ2) is 6.49. The Bertz CT molecular complexity index is 467. The zero-order valence-electron chi connectivity index (χ0n) is 13.0. The first-order valence-electron chi connectivity index (χ1n) is 8.32. The number of nitrogens with one attached hydrogen (secondary N) is 1. The highest BCUT2D eigenvalue weighted by Gasteiger charge is 2.44. The third-order valence-electron chi connectivity index (χ3n) is 5.18. The van der Waals surface area contributed by atoms with Gasteiger partial charge in [-0.15, -0.1) is 0 Å². The topological polar surface area (TPSA) is 32.3 Å². The highest BCUT2D eigenvalue weighted by Crippen LogP contribution is 2.36. The van der Waals surface area contributed by atoms with Crippen molar-refractivity contribution < 1.29 is 4.79 Å². The van der Waals surface area contributed by atoms with Gasteiger partial charge in [0.1, 0.15) is 6.17 Å². The van der Waals surface area contributed by atoms with Gasteiger partial charge in [-0.25, -0.2) is 0 Å². The molecule has 0 spiro atoms. The lowest BCUT2D eigenvalue weighted by molar-refractivity contribution is -0.133. The fraction of sp³-hybridized carbons (Fsp3) is 0.706. The van der Waals surface area contributed by atoms with Crippen molar-refractivity contribution in [1.82, 2.24) is 10.2 Å². The Hall–Kier alpha value is -0.870. The van der Waals surface area contributed by atoms with Gasteiger partial charge < -0.3 is 4.90 Å². The molecule has 4 heteroatoms. The van der Waals surface area contributed by atoms with Gasteiger partial charge in [0.05, 0.1) is 6.04 Å². The molecule has 1 aliphatic heterocycles. The molecule has 1 aliphatic carbocycles. The molecular formula is C17H26N2OS. The van der Waals surface area contributed by atoms with E-state index in [2.05, 4.69) is 40.9 Å². The molecule has 1 aromatic rings. The van der Waals surface area contributed by atoms with E-state index >= 15 is 0 Å². The third-order valence-corrected chi connectivity index (χ3v) is 5.88. The van der Waals surface area contributed by atoms with Crippen molar-refractivity contribution in [3.05, 3.63) is 22.4 Å². The molecule has 116 valence electrons. The quantitative estimate of drug-likeness (QED) is 0.914. The average molecular weight is 306 g/mol. The number of hydrogen-bond donors (Lipinski definition) is 1. The Morgan fingerprint density at radius 2 is 2.14 bits per heavy atom. The van der Waals surface area contributed by atoms with Crippen LogP contribution in [0.1, 0.15) is 64.1 Å². The Morgan fingerprint density at radius 1 is 1.38 bits per heavy atom. The Kier molecular flexibility index (Phi) is 4.65. The summed E-state index contributed by atoms with van der Waals surface area (Å²) in [6.45, 7) is 4.35. The van der Waals surface area contributed by atoms with Crippen molar-refractivity contribution >= 4 is 17.2 Å². The van der Waals surface area contributed by atoms with Crippen molar-refractivity contribution in [2.75, 3.05) is 0 Å². The summed E-state index contributed by atoms with van der Waals surface area (Å²) < 4.78 is 0. The number of hydrogen-bond acceptors (Lipinski definition) is 3. The van der Waals surface area contributed by atoms with Crippen LogP contribution >= 0.6 is 11.3 Å². The van der Waals surface area contributed by atoms with Crippen LogP contribution in [0, 0.1) is 5.92 Å². The number of thiophene rings is 1. The normalized spacial score (nSPS) is 29.0. The molecule has 1 saturated heterocycles. The molecule has 2 fully saturated rings. The molecule has 0 radical (unpaired) electrons. The van der Waals surface area contributed by atoms with Crippen molar-refractivity contribution in [3.8, 4) is 0 Å². The molecule has 3 atom stereocenters. The molecule has 3 rings (SSSR count). The molecule has 0 bridgehead atoms. The molecule has 3 nitrogen and oxygen atoms in total. The van der Waals surface area contributed by atoms with Crippen LogP contribution in [0.5, 0.6) is 0 Å². The highest BCUT2D eigenvalue weighted by atomic mass is 32.1. The second-order valence-electron chi connectivity index (χ2n) is 6.53. The second-order valence-corrected chi connectivity index (χ2v) is 7.31. The predicted molar refractivity (Wildman–Crippen MR) is 87.2 cm³/mol. The van der Waals surface area contributed by atoms with Crippen LogP contribution in [0.3, 0.4) is 0 Å². The number of carbonyl (C=O) groups is 1. The molecule has 1 aromatic heterocycles. The molecule has 21 heavy (non-hydrogen) atoms.